The van der Waals surface area contributed by atoms with Gasteiger partial charge in [0.2, 0.25) is 0 Å². The van der Waals surface area contributed by atoms with E-state index in [1.54, 1.807) is 16.4 Å². The van der Waals surface area contributed by atoms with E-state index in [0.717, 1.165) is 5.75 Å². The van der Waals surface area contributed by atoms with Crippen LogP contribution in [0, 0.1) is 0 Å². The van der Waals surface area contributed by atoms with Crippen molar-refractivity contribution in [2.45, 2.75) is 26.2 Å². The summed E-state index contributed by atoms with van der Waals surface area (Å²) in [5.41, 5.74) is 1.77. The minimum atomic E-state index is 1.08. The van der Waals surface area contributed by atoms with Gasteiger partial charge in [-0.05, 0) is 17.2 Å². The highest BCUT2D eigenvalue weighted by Crippen LogP contribution is 2.19. The zero-order valence-corrected chi connectivity index (χ0v) is 7.19. The third kappa shape index (κ3) is 8.37. The normalized spacial score (nSPS) is 9.44. The topological polar surface area (TPSA) is 17.1 Å². The maximum absolute atomic E-state index is 9.65. The van der Waals surface area contributed by atoms with E-state index in [9.17, 15) is 4.79 Å². The number of carbonyl (C=O) groups excluding carboxylic acids is 1. The van der Waals surface area contributed by atoms with Crippen LogP contribution in [0.25, 0.3) is 0 Å². The Labute approximate surface area is 64.4 Å². The molecule has 0 N–H and O–H groups in total. The van der Waals surface area contributed by atoms with Crippen molar-refractivity contribution >= 4 is 27.2 Å². The lowest BCUT2D eigenvalue weighted by molar-refractivity contribution is 0.570. The molecule has 1 nitrogen and oxygen atoms in total. The molecule has 0 bridgehead atoms. The fourth-order valence-corrected chi connectivity index (χ4v) is 1.68. The van der Waals surface area contributed by atoms with E-state index in [1.807, 2.05) is 0 Å². The lowest BCUT2D eigenvalue weighted by Gasteiger charge is -1.92. The van der Waals surface area contributed by atoms with Gasteiger partial charge in [0, 0.05) is 5.75 Å². The quantitative estimate of drug-likeness (QED) is 0.442. The van der Waals surface area contributed by atoms with E-state index in [2.05, 4.69) is 6.92 Å². The van der Waals surface area contributed by atoms with Crippen LogP contribution in [0.15, 0.2) is 0 Å². The molecule has 0 fully saturated rings. The Bertz CT molecular complexity index is 66.1. The summed E-state index contributed by atoms with van der Waals surface area (Å²) in [6.07, 6.45) is 3.73. The molecule has 1 radical (unpaired) electrons. The second-order valence-corrected chi connectivity index (χ2v) is 3.88. The molecule has 0 aliphatic carbocycles. The van der Waals surface area contributed by atoms with Crippen molar-refractivity contribution in [3.8, 4) is 0 Å². The van der Waals surface area contributed by atoms with Crippen LogP contribution in [0.1, 0.15) is 26.2 Å². The molecule has 0 aromatic carbocycles. The Morgan fingerprint density at radius 2 is 2.22 bits per heavy atom. The Balaban J connectivity index is 2.66. The third-order valence-electron chi connectivity index (χ3n) is 0.924. The molecule has 0 spiro atoms. The minimum absolute atomic E-state index is 1.08. The van der Waals surface area contributed by atoms with Crippen molar-refractivity contribution < 1.29 is 4.79 Å². The van der Waals surface area contributed by atoms with Gasteiger partial charge >= 0.3 is 0 Å². The molecule has 53 valence electrons. The fourth-order valence-electron chi connectivity index (χ4n) is 0.477. The molecule has 0 saturated carbocycles. The molecule has 0 atom stereocenters. The summed E-state index contributed by atoms with van der Waals surface area (Å²) in [6, 6.07) is 0. The largest absolute Gasteiger partial charge is 0.277 e. The van der Waals surface area contributed by atoms with E-state index in [0.29, 0.717) is 0 Å². The van der Waals surface area contributed by atoms with E-state index < -0.39 is 0 Å². The first-order valence-electron chi connectivity index (χ1n) is 3.07. The predicted octanol–water partition coefficient (Wildman–Crippen LogP) is 2.63. The van der Waals surface area contributed by atoms with Gasteiger partial charge in [-0.25, -0.2) is 0 Å². The summed E-state index contributed by atoms with van der Waals surface area (Å²) in [5.74, 6) is 1.08. The SMILES string of the molecule is CCCCCSS[C]=O. The summed E-state index contributed by atoms with van der Waals surface area (Å²) < 4.78 is 0. The first-order chi connectivity index (χ1) is 4.41. The molecule has 0 aromatic rings. The second-order valence-electron chi connectivity index (χ2n) is 1.70. The molecule has 9 heavy (non-hydrogen) atoms. The average Bonchev–Trinajstić information content (AvgIpc) is 1.89. The van der Waals surface area contributed by atoms with E-state index >= 15 is 0 Å². The predicted molar refractivity (Wildman–Crippen MR) is 45.3 cm³/mol. The molecule has 0 heterocycles. The molecule has 0 aliphatic rings. The highest BCUT2D eigenvalue weighted by atomic mass is 33.1. The standard InChI is InChI=1S/C6H11OS2/c1-2-3-4-5-8-9-6-7/h2-5H2,1H3. The zero-order valence-electron chi connectivity index (χ0n) is 5.55. The van der Waals surface area contributed by atoms with Gasteiger partial charge < -0.3 is 0 Å². The third-order valence-corrected chi connectivity index (χ3v) is 2.62. The van der Waals surface area contributed by atoms with Gasteiger partial charge in [0.05, 0.1) is 0 Å². The Kier molecular flexibility index (Phi) is 8.71. The van der Waals surface area contributed by atoms with Gasteiger partial charge in [-0.3, -0.25) is 4.79 Å². The van der Waals surface area contributed by atoms with Crippen LogP contribution < -0.4 is 0 Å². The monoisotopic (exact) mass is 163 g/mol. The van der Waals surface area contributed by atoms with Gasteiger partial charge in [-0.2, -0.15) is 0 Å². The van der Waals surface area contributed by atoms with E-state index in [4.69, 9.17) is 0 Å². The molecular weight excluding hydrogens is 152 g/mol. The van der Waals surface area contributed by atoms with Crippen LogP contribution in [0.2, 0.25) is 0 Å². The molecule has 0 aliphatic heterocycles. The molecule has 0 rings (SSSR count). The number of hydrogen-bond donors (Lipinski definition) is 0. The van der Waals surface area contributed by atoms with E-state index in [-0.39, 0.29) is 0 Å². The molecule has 0 saturated heterocycles. The molecule has 3 heteroatoms. The second kappa shape index (κ2) is 8.37. The van der Waals surface area contributed by atoms with Crippen LogP contribution >= 0.6 is 21.6 Å². The Morgan fingerprint density at radius 1 is 1.44 bits per heavy atom. The first-order valence-corrected chi connectivity index (χ1v) is 5.39. The van der Waals surface area contributed by atoms with Crippen LogP contribution in [-0.4, -0.2) is 11.4 Å². The van der Waals surface area contributed by atoms with E-state index in [1.165, 1.54) is 30.1 Å². The summed E-state index contributed by atoms with van der Waals surface area (Å²) in [6.45, 7) is 2.17. The van der Waals surface area contributed by atoms with Gasteiger partial charge in [0.1, 0.15) is 0 Å². The smallest absolute Gasteiger partial charge is 0.276 e. The fraction of sp³-hybridized carbons (Fsp3) is 0.833. The maximum atomic E-state index is 9.65. The van der Waals surface area contributed by atoms with Gasteiger partial charge in [-0.15, -0.1) is 0 Å². The summed E-state index contributed by atoms with van der Waals surface area (Å²) in [5, 5.41) is 0. The van der Waals surface area contributed by atoms with Crippen LogP contribution in [0.4, 0.5) is 0 Å². The van der Waals surface area contributed by atoms with Gasteiger partial charge in [0.15, 0.2) is 0 Å². The number of rotatable bonds is 6. The molecule has 0 aromatic heterocycles. The Hall–Kier alpha value is 0.370. The summed E-state index contributed by atoms with van der Waals surface area (Å²) in [4.78, 5) is 9.65. The van der Waals surface area contributed by atoms with Crippen molar-refractivity contribution in [2.24, 2.45) is 0 Å². The van der Waals surface area contributed by atoms with Crippen LogP contribution in [-0.2, 0) is 4.79 Å². The Morgan fingerprint density at radius 3 is 2.78 bits per heavy atom. The zero-order chi connectivity index (χ0) is 6.95. The van der Waals surface area contributed by atoms with Gasteiger partial charge in [0.25, 0.3) is 5.62 Å². The summed E-state index contributed by atoms with van der Waals surface area (Å²) in [7, 11) is 2.76. The number of hydrogen-bond acceptors (Lipinski definition) is 3. The maximum Gasteiger partial charge on any atom is 0.277 e. The van der Waals surface area contributed by atoms with Crippen molar-refractivity contribution in [2.75, 3.05) is 5.75 Å². The number of unbranched alkanes of at least 4 members (excludes halogenated alkanes) is 2. The minimum Gasteiger partial charge on any atom is -0.276 e. The van der Waals surface area contributed by atoms with Gasteiger partial charge in [-0.1, -0.05) is 30.6 Å². The molecule has 0 unspecified atom stereocenters. The highest BCUT2D eigenvalue weighted by molar-refractivity contribution is 8.81. The van der Waals surface area contributed by atoms with Crippen molar-refractivity contribution in [3.05, 3.63) is 0 Å². The first kappa shape index (κ1) is 9.37. The van der Waals surface area contributed by atoms with Crippen molar-refractivity contribution in [1.82, 2.24) is 0 Å². The average molecular weight is 163 g/mol. The van der Waals surface area contributed by atoms with Crippen molar-refractivity contribution in [1.29, 1.82) is 0 Å². The van der Waals surface area contributed by atoms with Crippen LogP contribution in [0.3, 0.4) is 0 Å². The highest BCUT2D eigenvalue weighted by Gasteiger charge is 1.87. The molecule has 0 amide bonds. The van der Waals surface area contributed by atoms with Crippen LogP contribution in [0.5, 0.6) is 0 Å². The van der Waals surface area contributed by atoms with Crippen molar-refractivity contribution in [3.63, 3.8) is 0 Å². The summed E-state index contributed by atoms with van der Waals surface area (Å²) >= 11 is 0. The lowest BCUT2D eigenvalue weighted by atomic mass is 10.3. The lowest BCUT2D eigenvalue weighted by Crippen LogP contribution is -1.75. The molecular formula is C6H11OS2.